The summed E-state index contributed by atoms with van der Waals surface area (Å²) in [5, 5.41) is 0. The average molecular weight is 302 g/mol. The van der Waals surface area contributed by atoms with Gasteiger partial charge in [-0.25, -0.2) is 0 Å². The number of carbonyl (C=O) groups excluding carboxylic acids is 1. The van der Waals surface area contributed by atoms with Gasteiger partial charge >= 0.3 is 0 Å². The normalized spacial score (nSPS) is 22.9. The first-order valence-corrected chi connectivity index (χ1v) is 8.02. The summed E-state index contributed by atoms with van der Waals surface area (Å²) in [7, 11) is 0. The van der Waals surface area contributed by atoms with E-state index in [-0.39, 0.29) is 18.2 Å². The van der Waals surface area contributed by atoms with Gasteiger partial charge in [0, 0.05) is 17.4 Å². The van der Waals surface area contributed by atoms with Crippen LogP contribution in [0, 0.1) is 5.41 Å². The Labute approximate surface area is 133 Å². The second-order valence-corrected chi connectivity index (χ2v) is 6.28. The third kappa shape index (κ3) is 4.05. The van der Waals surface area contributed by atoms with Gasteiger partial charge in [-0.15, -0.1) is 0 Å². The van der Waals surface area contributed by atoms with E-state index in [1.165, 1.54) is 0 Å². The maximum Gasteiger partial charge on any atom is 0.184 e. The van der Waals surface area contributed by atoms with E-state index >= 15 is 0 Å². The number of Topliss-reactive ketones (excluding diaryl/α,β-unsaturated/α-hetero) is 1. The fraction of sp³-hybridized carbons (Fsp3) is 0.526. The number of hydrogen-bond acceptors (Lipinski definition) is 3. The van der Waals surface area contributed by atoms with Crippen LogP contribution in [0.15, 0.2) is 42.5 Å². The molecule has 0 spiro atoms. The third-order valence-electron chi connectivity index (χ3n) is 4.31. The van der Waals surface area contributed by atoms with Crippen LogP contribution < -0.4 is 0 Å². The summed E-state index contributed by atoms with van der Waals surface area (Å²) in [6, 6.07) is 9.90. The van der Waals surface area contributed by atoms with E-state index < -0.39 is 5.41 Å². The summed E-state index contributed by atoms with van der Waals surface area (Å²) in [6.07, 6.45) is 5.65. The van der Waals surface area contributed by atoms with Gasteiger partial charge in [-0.1, -0.05) is 56.3 Å². The Bertz CT molecular complexity index is 505. The monoisotopic (exact) mass is 302 g/mol. The van der Waals surface area contributed by atoms with Crippen molar-refractivity contribution in [2.24, 2.45) is 5.41 Å². The Morgan fingerprint density at radius 1 is 1.32 bits per heavy atom. The number of benzene rings is 1. The molecule has 1 aliphatic rings. The fourth-order valence-corrected chi connectivity index (χ4v) is 2.74. The summed E-state index contributed by atoms with van der Waals surface area (Å²) in [5.74, 6) is 0.254. The van der Waals surface area contributed by atoms with Crippen LogP contribution in [0.25, 0.3) is 0 Å². The van der Waals surface area contributed by atoms with E-state index in [1.807, 2.05) is 63.3 Å². The minimum Gasteiger partial charge on any atom is -0.348 e. The molecule has 0 radical (unpaired) electrons. The Morgan fingerprint density at radius 3 is 2.73 bits per heavy atom. The SMILES string of the molecule is CC=CCCC(=O)C(C)(C)[C@@H]1CCO[C@H](c2ccccc2)O1. The maximum atomic E-state index is 12.5. The predicted octanol–water partition coefficient (Wildman–Crippen LogP) is 4.44. The smallest absolute Gasteiger partial charge is 0.184 e. The van der Waals surface area contributed by atoms with Crippen molar-refractivity contribution in [3.05, 3.63) is 48.0 Å². The Morgan fingerprint density at radius 2 is 2.05 bits per heavy atom. The molecule has 0 aliphatic carbocycles. The topological polar surface area (TPSA) is 35.5 Å². The highest BCUT2D eigenvalue weighted by molar-refractivity contribution is 5.84. The molecule has 1 fully saturated rings. The Hall–Kier alpha value is -1.45. The quantitative estimate of drug-likeness (QED) is 0.729. The molecule has 3 nitrogen and oxygen atoms in total. The summed E-state index contributed by atoms with van der Waals surface area (Å²) >= 11 is 0. The van der Waals surface area contributed by atoms with Crippen LogP contribution >= 0.6 is 0 Å². The molecule has 1 aromatic carbocycles. The first-order valence-electron chi connectivity index (χ1n) is 8.02. The van der Waals surface area contributed by atoms with Gasteiger partial charge in [-0.05, 0) is 19.8 Å². The molecule has 3 heteroatoms. The van der Waals surface area contributed by atoms with Gasteiger partial charge in [0.15, 0.2) is 6.29 Å². The maximum absolute atomic E-state index is 12.5. The van der Waals surface area contributed by atoms with Crippen molar-refractivity contribution in [1.82, 2.24) is 0 Å². The second-order valence-electron chi connectivity index (χ2n) is 6.28. The van der Waals surface area contributed by atoms with Crippen LogP contribution in [-0.4, -0.2) is 18.5 Å². The van der Waals surface area contributed by atoms with Crippen molar-refractivity contribution in [3.63, 3.8) is 0 Å². The van der Waals surface area contributed by atoms with Gasteiger partial charge in [0.05, 0.1) is 12.7 Å². The number of rotatable bonds is 6. The number of ether oxygens (including phenoxy) is 2. The highest BCUT2D eigenvalue weighted by Crippen LogP contribution is 2.36. The van der Waals surface area contributed by atoms with Gasteiger partial charge in [0.25, 0.3) is 0 Å². The largest absolute Gasteiger partial charge is 0.348 e. The van der Waals surface area contributed by atoms with Gasteiger partial charge in [-0.3, -0.25) is 4.79 Å². The molecule has 22 heavy (non-hydrogen) atoms. The number of carbonyl (C=O) groups is 1. The molecule has 1 aromatic rings. The van der Waals surface area contributed by atoms with Crippen molar-refractivity contribution < 1.29 is 14.3 Å². The minimum atomic E-state index is -0.488. The zero-order chi connectivity index (χ0) is 16.0. The third-order valence-corrected chi connectivity index (χ3v) is 4.31. The van der Waals surface area contributed by atoms with E-state index in [9.17, 15) is 4.79 Å². The molecule has 0 bridgehead atoms. The molecule has 1 saturated heterocycles. The van der Waals surface area contributed by atoms with Crippen molar-refractivity contribution in [2.75, 3.05) is 6.61 Å². The molecule has 120 valence electrons. The fourth-order valence-electron chi connectivity index (χ4n) is 2.74. The van der Waals surface area contributed by atoms with Crippen LogP contribution in [-0.2, 0) is 14.3 Å². The second kappa shape index (κ2) is 7.70. The Kier molecular flexibility index (Phi) is 5.92. The molecule has 0 saturated carbocycles. The van der Waals surface area contributed by atoms with Crippen LogP contribution in [0.1, 0.15) is 51.9 Å². The van der Waals surface area contributed by atoms with E-state index in [4.69, 9.17) is 9.47 Å². The molecular formula is C19H26O3. The van der Waals surface area contributed by atoms with E-state index in [2.05, 4.69) is 0 Å². The van der Waals surface area contributed by atoms with Crippen LogP contribution in [0.2, 0.25) is 0 Å². The predicted molar refractivity (Wildman–Crippen MR) is 87.5 cm³/mol. The lowest BCUT2D eigenvalue weighted by Crippen LogP contribution is -2.43. The van der Waals surface area contributed by atoms with Crippen molar-refractivity contribution in [2.45, 2.75) is 52.4 Å². The number of hydrogen-bond donors (Lipinski definition) is 0. The molecule has 2 rings (SSSR count). The molecule has 0 unspecified atom stereocenters. The molecule has 2 atom stereocenters. The molecule has 0 aromatic heterocycles. The van der Waals surface area contributed by atoms with Crippen molar-refractivity contribution in [1.29, 1.82) is 0 Å². The minimum absolute atomic E-state index is 0.107. The summed E-state index contributed by atoms with van der Waals surface area (Å²) in [6.45, 7) is 6.57. The molecule has 0 amide bonds. The van der Waals surface area contributed by atoms with Gasteiger partial charge in [-0.2, -0.15) is 0 Å². The lowest BCUT2D eigenvalue weighted by atomic mass is 9.78. The number of ketones is 1. The first-order chi connectivity index (χ1) is 10.6. The number of allylic oxidation sites excluding steroid dienone is 2. The lowest BCUT2D eigenvalue weighted by molar-refractivity contribution is -0.238. The standard InChI is InChI=1S/C19H26O3/c1-4-5-7-12-16(20)19(2,3)17-13-14-21-18(22-17)15-10-8-6-9-11-15/h4-6,8-11,17-18H,7,12-14H2,1-3H3/t17-,18-/m0/s1. The van der Waals surface area contributed by atoms with Gasteiger partial charge < -0.3 is 9.47 Å². The zero-order valence-electron chi connectivity index (χ0n) is 13.7. The summed E-state index contributed by atoms with van der Waals surface area (Å²) in [4.78, 5) is 12.5. The lowest BCUT2D eigenvalue weighted by Gasteiger charge is -2.39. The van der Waals surface area contributed by atoms with Gasteiger partial charge in [0.2, 0.25) is 0 Å². The van der Waals surface area contributed by atoms with Crippen molar-refractivity contribution in [3.8, 4) is 0 Å². The molecule has 0 N–H and O–H groups in total. The van der Waals surface area contributed by atoms with Crippen molar-refractivity contribution >= 4 is 5.78 Å². The summed E-state index contributed by atoms with van der Waals surface area (Å²) < 4.78 is 11.8. The molecule has 1 heterocycles. The first kappa shape index (κ1) is 16.9. The van der Waals surface area contributed by atoms with Crippen LogP contribution in [0.4, 0.5) is 0 Å². The average Bonchev–Trinajstić information content (AvgIpc) is 2.56. The van der Waals surface area contributed by atoms with E-state index in [0.717, 1.165) is 18.4 Å². The highest BCUT2D eigenvalue weighted by Gasteiger charge is 2.40. The molecular weight excluding hydrogens is 276 g/mol. The highest BCUT2D eigenvalue weighted by atomic mass is 16.7. The van der Waals surface area contributed by atoms with Crippen LogP contribution in [0.5, 0.6) is 0 Å². The van der Waals surface area contributed by atoms with Crippen LogP contribution in [0.3, 0.4) is 0 Å². The van der Waals surface area contributed by atoms with E-state index in [0.29, 0.717) is 13.0 Å². The summed E-state index contributed by atoms with van der Waals surface area (Å²) in [5.41, 5.74) is 0.516. The van der Waals surface area contributed by atoms with E-state index in [1.54, 1.807) is 0 Å². The Balaban J connectivity index is 2.02. The zero-order valence-corrected chi connectivity index (χ0v) is 13.7. The van der Waals surface area contributed by atoms with Gasteiger partial charge in [0.1, 0.15) is 5.78 Å². The molecule has 1 aliphatic heterocycles.